The van der Waals surface area contributed by atoms with Crippen molar-refractivity contribution in [2.45, 2.75) is 6.92 Å². The van der Waals surface area contributed by atoms with E-state index in [1.165, 1.54) is 6.07 Å². The van der Waals surface area contributed by atoms with Gasteiger partial charge in [-0.3, -0.25) is 10.1 Å². The average Bonchev–Trinajstić information content (AvgIpc) is 2.25. The van der Waals surface area contributed by atoms with E-state index >= 15 is 0 Å². The van der Waals surface area contributed by atoms with Crippen LogP contribution in [0.25, 0.3) is 0 Å². The van der Waals surface area contributed by atoms with Crippen LogP contribution in [0, 0.1) is 16.0 Å². The van der Waals surface area contributed by atoms with Crippen molar-refractivity contribution in [1.29, 1.82) is 0 Å². The van der Waals surface area contributed by atoms with Gasteiger partial charge in [-0.1, -0.05) is 13.0 Å². The van der Waals surface area contributed by atoms with Crippen molar-refractivity contribution >= 4 is 17.1 Å². The van der Waals surface area contributed by atoms with Crippen molar-refractivity contribution in [3.8, 4) is 0 Å². The van der Waals surface area contributed by atoms with E-state index in [1.807, 2.05) is 6.92 Å². The summed E-state index contributed by atoms with van der Waals surface area (Å²) in [7, 11) is 0. The Morgan fingerprint density at radius 3 is 2.88 bits per heavy atom. The monoisotopic (exact) mass is 225 g/mol. The van der Waals surface area contributed by atoms with Gasteiger partial charge in [0.2, 0.25) is 0 Å². The minimum Gasteiger partial charge on any atom is -0.396 e. The third kappa shape index (κ3) is 2.83. The van der Waals surface area contributed by atoms with Crippen molar-refractivity contribution in [1.82, 2.24) is 0 Å². The molecule has 88 valence electrons. The number of nitrogen functional groups attached to an aromatic ring is 1. The highest BCUT2D eigenvalue weighted by molar-refractivity contribution is 5.74. The molecule has 0 aliphatic rings. The van der Waals surface area contributed by atoms with Gasteiger partial charge in [-0.05, 0) is 18.1 Å². The second-order valence-electron chi connectivity index (χ2n) is 3.67. The van der Waals surface area contributed by atoms with Gasteiger partial charge in [0.15, 0.2) is 0 Å². The molecule has 16 heavy (non-hydrogen) atoms. The minimum atomic E-state index is -0.513. The summed E-state index contributed by atoms with van der Waals surface area (Å²) in [5, 5.41) is 22.5. The lowest BCUT2D eigenvalue weighted by molar-refractivity contribution is -0.383. The minimum absolute atomic E-state index is 0.0287. The number of benzene rings is 1. The number of para-hydroxylation sites is 1. The number of nitrogens with one attached hydrogen (secondary N) is 1. The normalized spacial score (nSPS) is 12.1. The van der Waals surface area contributed by atoms with Crippen LogP contribution in [0.1, 0.15) is 6.92 Å². The molecule has 6 heteroatoms. The highest BCUT2D eigenvalue weighted by Gasteiger charge is 2.17. The van der Waals surface area contributed by atoms with Crippen molar-refractivity contribution in [2.24, 2.45) is 5.92 Å². The maximum Gasteiger partial charge on any atom is 0.314 e. The Kier molecular flexibility index (Phi) is 4.07. The molecule has 0 saturated carbocycles. The Bertz CT molecular complexity index is 382. The Morgan fingerprint density at radius 2 is 2.31 bits per heavy atom. The van der Waals surface area contributed by atoms with E-state index in [0.717, 1.165) is 0 Å². The molecule has 4 N–H and O–H groups in total. The predicted molar refractivity (Wildman–Crippen MR) is 62.2 cm³/mol. The van der Waals surface area contributed by atoms with Crippen LogP contribution in [0.15, 0.2) is 18.2 Å². The highest BCUT2D eigenvalue weighted by Crippen LogP contribution is 2.30. The second kappa shape index (κ2) is 5.32. The molecule has 0 amide bonds. The molecule has 0 saturated heterocycles. The van der Waals surface area contributed by atoms with E-state index < -0.39 is 4.92 Å². The summed E-state index contributed by atoms with van der Waals surface area (Å²) in [6.45, 7) is 2.33. The van der Waals surface area contributed by atoms with Gasteiger partial charge in [-0.2, -0.15) is 0 Å². The van der Waals surface area contributed by atoms with Crippen molar-refractivity contribution < 1.29 is 10.0 Å². The lowest BCUT2D eigenvalue weighted by atomic mass is 10.2. The van der Waals surface area contributed by atoms with Crippen LogP contribution < -0.4 is 11.1 Å². The zero-order valence-corrected chi connectivity index (χ0v) is 9.01. The molecule has 0 aliphatic heterocycles. The van der Waals surface area contributed by atoms with Crippen LogP contribution >= 0.6 is 0 Å². The smallest absolute Gasteiger partial charge is 0.314 e. The number of nitro groups is 1. The molecule has 0 radical (unpaired) electrons. The van der Waals surface area contributed by atoms with Crippen LogP contribution in [0.5, 0.6) is 0 Å². The first kappa shape index (κ1) is 12.3. The Morgan fingerprint density at radius 1 is 1.62 bits per heavy atom. The maximum atomic E-state index is 10.8. The number of nitrogens with zero attached hydrogens (tertiary/aromatic N) is 1. The Balaban J connectivity index is 2.87. The number of hydrogen-bond donors (Lipinski definition) is 3. The summed E-state index contributed by atoms with van der Waals surface area (Å²) in [6, 6.07) is 4.73. The summed E-state index contributed by atoms with van der Waals surface area (Å²) in [4.78, 5) is 10.3. The van der Waals surface area contributed by atoms with Gasteiger partial charge in [-0.15, -0.1) is 0 Å². The Hall–Kier alpha value is -1.82. The third-order valence-corrected chi connectivity index (χ3v) is 2.20. The molecule has 1 aromatic rings. The molecular formula is C10H15N3O3. The molecule has 6 nitrogen and oxygen atoms in total. The molecule has 1 unspecified atom stereocenters. The van der Waals surface area contributed by atoms with Gasteiger partial charge in [0.25, 0.3) is 0 Å². The number of rotatable bonds is 5. The number of aliphatic hydroxyl groups is 1. The Labute approximate surface area is 93.2 Å². The van der Waals surface area contributed by atoms with Crippen molar-refractivity contribution in [3.05, 3.63) is 28.3 Å². The zero-order valence-electron chi connectivity index (χ0n) is 9.01. The summed E-state index contributed by atoms with van der Waals surface area (Å²) in [5.41, 5.74) is 5.92. The summed E-state index contributed by atoms with van der Waals surface area (Å²) < 4.78 is 0. The van der Waals surface area contributed by atoms with Gasteiger partial charge in [0.05, 0.1) is 4.92 Å². The molecule has 0 bridgehead atoms. The fourth-order valence-corrected chi connectivity index (χ4v) is 1.26. The van der Waals surface area contributed by atoms with Crippen molar-refractivity contribution in [2.75, 3.05) is 24.2 Å². The zero-order chi connectivity index (χ0) is 12.1. The third-order valence-electron chi connectivity index (χ3n) is 2.20. The topological polar surface area (TPSA) is 101 Å². The van der Waals surface area contributed by atoms with Gasteiger partial charge >= 0.3 is 5.69 Å². The average molecular weight is 225 g/mol. The molecule has 0 spiro atoms. The van der Waals surface area contributed by atoms with Crippen molar-refractivity contribution in [3.63, 3.8) is 0 Å². The van der Waals surface area contributed by atoms with Crippen LogP contribution in [0.3, 0.4) is 0 Å². The first-order chi connectivity index (χ1) is 7.56. The van der Waals surface area contributed by atoms with Gasteiger partial charge in [-0.25, -0.2) is 0 Å². The van der Waals surface area contributed by atoms with E-state index in [2.05, 4.69) is 5.32 Å². The number of hydrogen-bond acceptors (Lipinski definition) is 5. The van der Waals surface area contributed by atoms with Gasteiger partial charge < -0.3 is 16.2 Å². The van der Waals surface area contributed by atoms with E-state index in [-0.39, 0.29) is 23.9 Å². The highest BCUT2D eigenvalue weighted by atomic mass is 16.6. The summed E-state index contributed by atoms with van der Waals surface area (Å²) in [5.74, 6) is 0.0287. The molecule has 0 heterocycles. The molecular weight excluding hydrogens is 210 g/mol. The molecule has 1 aromatic carbocycles. The van der Waals surface area contributed by atoms with Crippen LogP contribution in [-0.2, 0) is 0 Å². The van der Waals surface area contributed by atoms with E-state index in [4.69, 9.17) is 10.8 Å². The number of nitro benzene ring substituents is 1. The molecule has 1 rings (SSSR count). The standard InChI is InChI=1S/C10H15N3O3/c1-7(6-14)5-12-9-4-2-3-8(11)10(9)13(15)16/h2-4,7,12,14H,5-6,11H2,1H3. The second-order valence-corrected chi connectivity index (χ2v) is 3.67. The summed E-state index contributed by atoms with van der Waals surface area (Å²) in [6.07, 6.45) is 0. The van der Waals surface area contributed by atoms with Crippen LogP contribution in [0.2, 0.25) is 0 Å². The lowest BCUT2D eigenvalue weighted by Crippen LogP contribution is -2.15. The van der Waals surface area contributed by atoms with Gasteiger partial charge in [0, 0.05) is 13.2 Å². The molecule has 0 aromatic heterocycles. The molecule has 1 atom stereocenters. The lowest BCUT2D eigenvalue weighted by Gasteiger charge is -2.11. The largest absolute Gasteiger partial charge is 0.396 e. The number of aliphatic hydroxyl groups excluding tert-OH is 1. The van der Waals surface area contributed by atoms with Crippen LogP contribution in [0.4, 0.5) is 17.1 Å². The van der Waals surface area contributed by atoms with Gasteiger partial charge in [0.1, 0.15) is 11.4 Å². The van der Waals surface area contributed by atoms with E-state index in [0.29, 0.717) is 12.2 Å². The fraction of sp³-hybridized carbons (Fsp3) is 0.400. The molecule has 0 fully saturated rings. The first-order valence-corrected chi connectivity index (χ1v) is 4.94. The first-order valence-electron chi connectivity index (χ1n) is 4.94. The summed E-state index contributed by atoms with van der Waals surface area (Å²) >= 11 is 0. The SMILES string of the molecule is CC(CO)CNc1cccc(N)c1[N+](=O)[O-]. The number of anilines is 2. The maximum absolute atomic E-state index is 10.8. The predicted octanol–water partition coefficient (Wildman–Crippen LogP) is 1.22. The molecule has 0 aliphatic carbocycles. The number of nitrogens with two attached hydrogens (primary N) is 1. The van der Waals surface area contributed by atoms with E-state index in [9.17, 15) is 10.1 Å². The van der Waals surface area contributed by atoms with Crippen LogP contribution in [-0.4, -0.2) is 23.2 Å². The fourth-order valence-electron chi connectivity index (χ4n) is 1.26. The van der Waals surface area contributed by atoms with E-state index in [1.54, 1.807) is 12.1 Å². The quantitative estimate of drug-likeness (QED) is 0.397.